The minimum atomic E-state index is -5.42. The Hall–Kier alpha value is -0.390. The second-order valence-corrected chi connectivity index (χ2v) is 6.50. The van der Waals surface area contributed by atoms with Crippen molar-refractivity contribution in [1.82, 2.24) is 0 Å². The highest BCUT2D eigenvalue weighted by Crippen LogP contribution is 2.49. The van der Waals surface area contributed by atoms with E-state index in [4.69, 9.17) is 4.74 Å². The van der Waals surface area contributed by atoms with Gasteiger partial charge in [0.05, 0.1) is 6.10 Å². The van der Waals surface area contributed by atoms with Crippen molar-refractivity contribution in [2.45, 2.75) is 69.6 Å². The Kier molecular flexibility index (Phi) is 5.16. The maximum atomic E-state index is 13.3. The first kappa shape index (κ1) is 17.0. The molecule has 0 unspecified atom stereocenters. The van der Waals surface area contributed by atoms with Crippen LogP contribution in [0.3, 0.4) is 0 Å². The number of halogens is 5. The van der Waals surface area contributed by atoms with Gasteiger partial charge in [-0.2, -0.15) is 22.0 Å². The topological polar surface area (TPSA) is 9.23 Å². The fraction of sp³-hybridized carbons (Fsp3) is 1.00. The van der Waals surface area contributed by atoms with E-state index in [1.807, 2.05) is 0 Å². The molecule has 0 N–H and O–H groups in total. The van der Waals surface area contributed by atoms with Crippen molar-refractivity contribution in [2.24, 2.45) is 17.8 Å². The predicted octanol–water partition coefficient (Wildman–Crippen LogP) is 5.20. The summed E-state index contributed by atoms with van der Waals surface area (Å²) in [6.45, 7) is 0. The first-order valence-corrected chi connectivity index (χ1v) is 7.73. The quantitative estimate of drug-likeness (QED) is 0.651. The molecule has 0 aliphatic heterocycles. The normalized spacial score (nSPS) is 35.7. The van der Waals surface area contributed by atoms with E-state index in [0.717, 1.165) is 25.7 Å². The van der Waals surface area contributed by atoms with Crippen LogP contribution in [0.5, 0.6) is 0 Å². The van der Waals surface area contributed by atoms with Crippen LogP contribution in [0.4, 0.5) is 22.0 Å². The molecule has 0 heterocycles. The Labute approximate surface area is 122 Å². The number of alkyl halides is 5. The summed E-state index contributed by atoms with van der Waals surface area (Å²) in [5.41, 5.74) is 0. The summed E-state index contributed by atoms with van der Waals surface area (Å²) in [6, 6.07) is 0. The van der Waals surface area contributed by atoms with Crippen LogP contribution in [0.25, 0.3) is 0 Å². The smallest absolute Gasteiger partial charge is 0.381 e. The van der Waals surface area contributed by atoms with E-state index in [1.54, 1.807) is 7.11 Å². The SMILES string of the molecule is COC1CCC(C2CCC(C(F)(F)C(F)(F)F)CC2)CC1. The lowest BCUT2D eigenvalue weighted by Crippen LogP contribution is -2.45. The Bertz CT molecular complexity index is 325. The summed E-state index contributed by atoms with van der Waals surface area (Å²) in [5, 5.41) is 0. The molecule has 2 aliphatic rings. The van der Waals surface area contributed by atoms with Gasteiger partial charge in [0.15, 0.2) is 0 Å². The highest BCUT2D eigenvalue weighted by atomic mass is 19.4. The van der Waals surface area contributed by atoms with Gasteiger partial charge in [-0.3, -0.25) is 0 Å². The van der Waals surface area contributed by atoms with Gasteiger partial charge in [-0.05, 0) is 63.2 Å². The first-order valence-electron chi connectivity index (χ1n) is 7.73. The average molecular weight is 314 g/mol. The van der Waals surface area contributed by atoms with E-state index in [1.165, 1.54) is 0 Å². The van der Waals surface area contributed by atoms with Crippen LogP contribution in [0.2, 0.25) is 0 Å². The van der Waals surface area contributed by atoms with Crippen molar-refractivity contribution < 1.29 is 26.7 Å². The third-order valence-corrected chi connectivity index (χ3v) is 5.38. The van der Waals surface area contributed by atoms with Crippen molar-refractivity contribution in [1.29, 1.82) is 0 Å². The number of ether oxygens (including phenoxy) is 1. The molecule has 124 valence electrons. The van der Waals surface area contributed by atoms with E-state index >= 15 is 0 Å². The second-order valence-electron chi connectivity index (χ2n) is 6.50. The third-order valence-electron chi connectivity index (χ3n) is 5.38. The number of methoxy groups -OCH3 is 1. The van der Waals surface area contributed by atoms with Crippen LogP contribution in [0, 0.1) is 17.8 Å². The lowest BCUT2D eigenvalue weighted by Gasteiger charge is -2.39. The minimum Gasteiger partial charge on any atom is -0.381 e. The van der Waals surface area contributed by atoms with E-state index in [0.29, 0.717) is 24.7 Å². The molecule has 2 saturated carbocycles. The van der Waals surface area contributed by atoms with Crippen LogP contribution in [0.15, 0.2) is 0 Å². The van der Waals surface area contributed by atoms with Gasteiger partial charge in [0.1, 0.15) is 0 Å². The van der Waals surface area contributed by atoms with E-state index in [-0.39, 0.29) is 18.9 Å². The van der Waals surface area contributed by atoms with E-state index in [9.17, 15) is 22.0 Å². The molecule has 0 aromatic heterocycles. The molecule has 0 aromatic carbocycles. The molecule has 0 spiro atoms. The Morgan fingerprint density at radius 3 is 1.52 bits per heavy atom. The average Bonchev–Trinajstić information content (AvgIpc) is 2.46. The second kappa shape index (κ2) is 6.39. The van der Waals surface area contributed by atoms with Crippen LogP contribution >= 0.6 is 0 Å². The molecule has 6 heteroatoms. The largest absolute Gasteiger partial charge is 0.453 e. The molecule has 0 bridgehead atoms. The fourth-order valence-electron chi connectivity index (χ4n) is 3.98. The predicted molar refractivity (Wildman–Crippen MR) is 69.2 cm³/mol. The van der Waals surface area contributed by atoms with Crippen LogP contribution in [-0.4, -0.2) is 25.3 Å². The van der Waals surface area contributed by atoms with Crippen LogP contribution in [-0.2, 0) is 4.74 Å². The summed E-state index contributed by atoms with van der Waals surface area (Å²) in [7, 11) is 1.69. The van der Waals surface area contributed by atoms with Gasteiger partial charge in [0.2, 0.25) is 0 Å². The van der Waals surface area contributed by atoms with Gasteiger partial charge in [0.25, 0.3) is 0 Å². The van der Waals surface area contributed by atoms with E-state index < -0.39 is 18.0 Å². The Morgan fingerprint density at radius 1 is 0.714 bits per heavy atom. The van der Waals surface area contributed by atoms with Crippen molar-refractivity contribution in [3.63, 3.8) is 0 Å². The van der Waals surface area contributed by atoms with Crippen molar-refractivity contribution in [2.75, 3.05) is 7.11 Å². The minimum absolute atomic E-state index is 0.0125. The number of hydrogen-bond acceptors (Lipinski definition) is 1. The Balaban J connectivity index is 1.84. The molecular weight excluding hydrogens is 291 g/mol. The zero-order valence-electron chi connectivity index (χ0n) is 12.3. The fourth-order valence-corrected chi connectivity index (χ4v) is 3.98. The first-order chi connectivity index (χ1) is 9.75. The highest BCUT2D eigenvalue weighted by molar-refractivity contribution is 4.90. The van der Waals surface area contributed by atoms with Crippen LogP contribution < -0.4 is 0 Å². The lowest BCUT2D eigenvalue weighted by molar-refractivity contribution is -0.306. The summed E-state index contributed by atoms with van der Waals surface area (Å²) >= 11 is 0. The van der Waals surface area contributed by atoms with Crippen molar-refractivity contribution >= 4 is 0 Å². The van der Waals surface area contributed by atoms with Crippen LogP contribution in [0.1, 0.15) is 51.4 Å². The molecule has 0 saturated heterocycles. The van der Waals surface area contributed by atoms with Gasteiger partial charge in [-0.25, -0.2) is 0 Å². The van der Waals surface area contributed by atoms with Crippen molar-refractivity contribution in [3.8, 4) is 0 Å². The van der Waals surface area contributed by atoms with Gasteiger partial charge < -0.3 is 4.74 Å². The summed E-state index contributed by atoms with van der Waals surface area (Å²) in [5.74, 6) is -5.30. The van der Waals surface area contributed by atoms with Gasteiger partial charge >= 0.3 is 12.1 Å². The molecule has 0 radical (unpaired) electrons. The zero-order valence-corrected chi connectivity index (χ0v) is 12.3. The number of hydrogen-bond donors (Lipinski definition) is 0. The lowest BCUT2D eigenvalue weighted by atomic mass is 9.69. The molecule has 1 nitrogen and oxygen atoms in total. The summed E-state index contributed by atoms with van der Waals surface area (Å²) < 4.78 is 69.1. The van der Waals surface area contributed by atoms with E-state index in [2.05, 4.69) is 0 Å². The standard InChI is InChI=1S/C15H23F5O/c1-21-13-8-4-11(5-9-13)10-2-6-12(7-3-10)14(16,17)15(18,19)20/h10-13H,2-9H2,1H3. The van der Waals surface area contributed by atoms with Crippen molar-refractivity contribution in [3.05, 3.63) is 0 Å². The molecule has 2 fully saturated rings. The van der Waals surface area contributed by atoms with Gasteiger partial charge in [-0.15, -0.1) is 0 Å². The Morgan fingerprint density at radius 2 is 1.14 bits per heavy atom. The third kappa shape index (κ3) is 3.69. The monoisotopic (exact) mass is 314 g/mol. The highest BCUT2D eigenvalue weighted by Gasteiger charge is 2.62. The molecular formula is C15H23F5O. The number of rotatable bonds is 3. The maximum absolute atomic E-state index is 13.3. The zero-order chi connectivity index (χ0) is 15.7. The molecule has 21 heavy (non-hydrogen) atoms. The maximum Gasteiger partial charge on any atom is 0.453 e. The summed E-state index contributed by atoms with van der Waals surface area (Å²) in [6.07, 6.45) is -0.208. The molecule has 0 amide bonds. The van der Waals surface area contributed by atoms with Gasteiger partial charge in [0, 0.05) is 13.0 Å². The van der Waals surface area contributed by atoms with Gasteiger partial charge in [-0.1, -0.05) is 0 Å². The molecule has 0 atom stereocenters. The summed E-state index contributed by atoms with van der Waals surface area (Å²) in [4.78, 5) is 0. The molecule has 2 aliphatic carbocycles. The molecule has 2 rings (SSSR count). The molecule has 0 aromatic rings.